The minimum Gasteiger partial charge on any atom is -0.477 e. The summed E-state index contributed by atoms with van der Waals surface area (Å²) in [6.45, 7) is -1.86. The van der Waals surface area contributed by atoms with Crippen LogP contribution in [0.4, 0.5) is 0 Å². The number of carbonyl (C=O) groups excluding carboxylic acids is 3. The molecule has 5 aliphatic rings. The average molecular weight is 1130 g/mol. The Labute approximate surface area is 439 Å². The summed E-state index contributed by atoms with van der Waals surface area (Å²) in [7, 11) is 0. The number of aliphatic carboxylic acids is 1. The van der Waals surface area contributed by atoms with Crippen LogP contribution in [0.1, 0.15) is 46.5 Å². The zero-order valence-corrected chi connectivity index (χ0v) is 42.2. The van der Waals surface area contributed by atoms with E-state index in [-0.39, 0.29) is 6.61 Å². The first-order valence-electron chi connectivity index (χ1n) is 24.9. The second-order valence-corrected chi connectivity index (χ2v) is 19.3. The number of unbranched alkanes of at least 4 members (excludes halogenated alkanes) is 2. The highest BCUT2D eigenvalue weighted by molar-refractivity contribution is 5.77. The highest BCUT2D eigenvalue weighted by Gasteiger charge is 2.62. The van der Waals surface area contributed by atoms with Crippen molar-refractivity contribution in [3.05, 3.63) is 0 Å². The molecule has 446 valence electrons. The number of nitrogens with one attached hydrogen (secondary N) is 3. The Morgan fingerprint density at radius 2 is 1.05 bits per heavy atom. The highest BCUT2D eigenvalue weighted by Crippen LogP contribution is 2.41. The van der Waals surface area contributed by atoms with Crippen molar-refractivity contribution in [2.75, 3.05) is 46.2 Å². The Morgan fingerprint density at radius 1 is 0.571 bits per heavy atom. The maximum atomic E-state index is 13.5. The second kappa shape index (κ2) is 29.0. The third kappa shape index (κ3) is 15.3. The smallest absolute Gasteiger partial charge is 0.364 e. The van der Waals surface area contributed by atoms with Gasteiger partial charge in [0, 0.05) is 33.8 Å². The first-order valence-corrected chi connectivity index (χ1v) is 24.9. The molecule has 0 radical (unpaired) electrons. The van der Waals surface area contributed by atoms with Crippen molar-refractivity contribution in [3.63, 3.8) is 0 Å². The van der Waals surface area contributed by atoms with Crippen LogP contribution in [-0.4, -0.2) is 305 Å². The molecule has 0 aromatic heterocycles. The molecule has 0 spiro atoms. The lowest BCUT2D eigenvalue weighted by atomic mass is 9.88. The number of amides is 3. The number of rotatable bonds is 25. The van der Waals surface area contributed by atoms with Gasteiger partial charge in [0.2, 0.25) is 17.7 Å². The van der Waals surface area contributed by atoms with E-state index in [0.717, 1.165) is 20.8 Å². The number of aliphatic hydroxyl groups excluding tert-OH is 14. The molecule has 77 heavy (non-hydrogen) atoms. The van der Waals surface area contributed by atoms with Gasteiger partial charge in [-0.1, -0.05) is 0 Å². The normalized spacial score (nSPS) is 42.4. The largest absolute Gasteiger partial charge is 0.477 e. The van der Waals surface area contributed by atoms with Gasteiger partial charge in [0.25, 0.3) is 5.79 Å². The molecule has 5 heterocycles. The number of carboxylic acids is 1. The van der Waals surface area contributed by atoms with E-state index in [1.165, 1.54) is 0 Å². The molecule has 33 nitrogen and oxygen atoms in total. The number of carbonyl (C=O) groups is 4. The zero-order valence-electron chi connectivity index (χ0n) is 42.2. The van der Waals surface area contributed by atoms with Gasteiger partial charge in [0.15, 0.2) is 25.2 Å². The average Bonchev–Trinajstić information content (AvgIpc) is 3.38. The Hall–Kier alpha value is -3.12. The third-order valence-corrected chi connectivity index (χ3v) is 13.6. The van der Waals surface area contributed by atoms with Crippen molar-refractivity contribution in [3.8, 4) is 0 Å². The van der Waals surface area contributed by atoms with Crippen LogP contribution in [0.25, 0.3) is 0 Å². The number of hydrogen-bond acceptors (Lipinski definition) is 29. The second-order valence-electron chi connectivity index (χ2n) is 19.3. The molecule has 0 bridgehead atoms. The van der Waals surface area contributed by atoms with E-state index >= 15 is 0 Å². The minimum atomic E-state index is -3.33. The van der Waals surface area contributed by atoms with Crippen molar-refractivity contribution in [2.45, 2.75) is 205 Å². The SMILES string of the molecule is CC(=O)N[C@@H]1C(O[C@H]2C(CO)O[C@@H](OC3[C@H](O)C(CO)OC(OC4[C@H](O)C(OCCCCCN)OC(CO)[C@@H]4O)[C@H]3NC(C)=O)C(O)C2O[C@@]2(C(=O)O)CC(O)[C@H](NC(C)=O)C([C@H](O)[C@H](O)CO)O2)OC(CO)[C@H](O)C1O. The summed E-state index contributed by atoms with van der Waals surface area (Å²) in [5.74, 6) is -8.05. The molecular formula is C44H76N4O29. The maximum Gasteiger partial charge on any atom is 0.364 e. The first kappa shape index (κ1) is 64.7. The highest BCUT2D eigenvalue weighted by atomic mass is 16.8. The fourth-order valence-corrected chi connectivity index (χ4v) is 9.68. The van der Waals surface area contributed by atoms with Crippen molar-refractivity contribution >= 4 is 23.7 Å². The van der Waals surface area contributed by atoms with Crippen LogP contribution in [0.15, 0.2) is 0 Å². The summed E-state index contributed by atoms with van der Waals surface area (Å²) >= 11 is 0. The molecule has 0 aromatic carbocycles. The van der Waals surface area contributed by atoms with Gasteiger partial charge in [0.05, 0.1) is 45.2 Å². The molecule has 5 fully saturated rings. The summed E-state index contributed by atoms with van der Waals surface area (Å²) < 4.78 is 59.1. The molecule has 5 rings (SSSR count). The Bertz CT molecular complexity index is 1890. The van der Waals surface area contributed by atoms with Gasteiger partial charge in [-0.2, -0.15) is 0 Å². The molecular weight excluding hydrogens is 1050 g/mol. The number of nitrogens with two attached hydrogens (primary N) is 1. The number of carboxylic acid groups (broad SMARTS) is 1. The number of ether oxygens (including phenoxy) is 10. The van der Waals surface area contributed by atoms with Gasteiger partial charge in [-0.25, -0.2) is 4.79 Å². The molecule has 5 saturated heterocycles. The third-order valence-electron chi connectivity index (χ3n) is 13.6. The van der Waals surface area contributed by atoms with Crippen LogP contribution < -0.4 is 21.7 Å². The fourth-order valence-electron chi connectivity index (χ4n) is 9.68. The predicted molar refractivity (Wildman–Crippen MR) is 245 cm³/mol. The Kier molecular flexibility index (Phi) is 24.4. The molecule has 14 unspecified atom stereocenters. The molecule has 26 atom stereocenters. The molecule has 5 aliphatic heterocycles. The monoisotopic (exact) mass is 1120 g/mol. The summed E-state index contributed by atoms with van der Waals surface area (Å²) in [6, 6.07) is -5.32. The van der Waals surface area contributed by atoms with E-state index in [2.05, 4.69) is 16.0 Å². The van der Waals surface area contributed by atoms with Gasteiger partial charge < -0.3 is 146 Å². The lowest BCUT2D eigenvalue weighted by Crippen LogP contribution is -2.72. The van der Waals surface area contributed by atoms with Gasteiger partial charge >= 0.3 is 5.97 Å². The van der Waals surface area contributed by atoms with Gasteiger partial charge in [-0.05, 0) is 25.8 Å². The quantitative estimate of drug-likeness (QED) is 0.0378. The van der Waals surface area contributed by atoms with Crippen LogP contribution in [-0.2, 0) is 66.5 Å². The predicted octanol–water partition coefficient (Wildman–Crippen LogP) is -11.1. The van der Waals surface area contributed by atoms with Crippen molar-refractivity contribution in [1.29, 1.82) is 0 Å². The van der Waals surface area contributed by atoms with Crippen LogP contribution >= 0.6 is 0 Å². The molecule has 0 aromatic rings. The molecule has 3 amide bonds. The minimum absolute atomic E-state index is 0.0199. The van der Waals surface area contributed by atoms with Crippen molar-refractivity contribution in [2.24, 2.45) is 5.73 Å². The van der Waals surface area contributed by atoms with Crippen molar-refractivity contribution in [1.82, 2.24) is 16.0 Å². The van der Waals surface area contributed by atoms with Crippen LogP contribution in [0.2, 0.25) is 0 Å². The number of aliphatic hydroxyl groups is 14. The maximum absolute atomic E-state index is 13.5. The van der Waals surface area contributed by atoms with E-state index in [1.54, 1.807) is 0 Å². The first-order chi connectivity index (χ1) is 36.4. The van der Waals surface area contributed by atoms with Crippen LogP contribution in [0.3, 0.4) is 0 Å². The van der Waals surface area contributed by atoms with Crippen LogP contribution in [0.5, 0.6) is 0 Å². The van der Waals surface area contributed by atoms with Gasteiger partial charge in [-0.3, -0.25) is 14.4 Å². The van der Waals surface area contributed by atoms with Crippen molar-refractivity contribution < 1.29 is 143 Å². The summed E-state index contributed by atoms with van der Waals surface area (Å²) in [6.07, 6.45) is -43.4. The lowest BCUT2D eigenvalue weighted by Gasteiger charge is -2.52. The van der Waals surface area contributed by atoms with E-state index in [9.17, 15) is 95.8 Å². The molecule has 0 aliphatic carbocycles. The summed E-state index contributed by atoms with van der Waals surface area (Å²) in [5.41, 5.74) is 5.56. The summed E-state index contributed by atoms with van der Waals surface area (Å²) in [5, 5.41) is 171. The standard InChI is InChI=1S/C44H76N4O29/c1-15(54)46-24-18(57)9-44(43(66)67,76-36(24)27(59)19(58)10-49)77-38-33(65)42(72-23(14-53)34(38)73-39-25(47-16(2)55)31(63)28(60)20(11-50)69-39)74-35-26(48-17(3)56)40(70-21(12-51)29(35)61)75-37-30(62)22(13-52)71-41(32(37)64)68-8-6-4-5-7-45/h18-42,49-53,57-65H,4-14,45H2,1-3H3,(H,46,54)(H,47,55)(H,48,56)(H,66,67)/t18?,19-,20?,21?,22?,23?,24+,25+,26+,27-,28+,29-,30+,31?,32+,33?,34+,35?,36?,37?,38?,39?,40?,41?,42+,44-/m1/s1. The summed E-state index contributed by atoms with van der Waals surface area (Å²) in [4.78, 5) is 51.1. The van der Waals surface area contributed by atoms with E-state index < -0.39 is 222 Å². The topological polar surface area (TPSA) is 526 Å². The molecule has 33 heteroatoms. The number of hydrogen-bond donors (Lipinski definition) is 19. The van der Waals surface area contributed by atoms with Gasteiger partial charge in [0.1, 0.15) is 116 Å². The van der Waals surface area contributed by atoms with E-state index in [1.807, 2.05) is 0 Å². The molecule has 0 saturated carbocycles. The van der Waals surface area contributed by atoms with Crippen LogP contribution in [0, 0.1) is 0 Å². The van der Waals surface area contributed by atoms with E-state index in [4.69, 9.17) is 53.1 Å². The Morgan fingerprint density at radius 3 is 1.60 bits per heavy atom. The fraction of sp³-hybridized carbons (Fsp3) is 0.909. The van der Waals surface area contributed by atoms with Gasteiger partial charge in [-0.15, -0.1) is 0 Å². The van der Waals surface area contributed by atoms with E-state index in [0.29, 0.717) is 25.8 Å². The zero-order chi connectivity index (χ0) is 57.2. The Balaban J connectivity index is 1.59. The molecule has 20 N–H and O–H groups in total. The lowest BCUT2D eigenvalue weighted by molar-refractivity contribution is -0.399.